The van der Waals surface area contributed by atoms with Crippen molar-refractivity contribution in [3.8, 4) is 0 Å². The summed E-state index contributed by atoms with van der Waals surface area (Å²) >= 11 is 10.1. The lowest BCUT2D eigenvalue weighted by Crippen LogP contribution is -2.14. The highest BCUT2D eigenvalue weighted by Crippen LogP contribution is 2.42. The predicted octanol–water partition coefficient (Wildman–Crippen LogP) is 8.11. The molecule has 0 saturated carbocycles. The molecule has 0 atom stereocenters. The Morgan fingerprint density at radius 1 is 0.667 bits per heavy atom. The minimum absolute atomic E-state index is 0.749. The first-order valence-electron chi connectivity index (χ1n) is 8.76. The molecule has 0 amide bonds. The maximum absolute atomic E-state index is 6.48. The van der Waals surface area contributed by atoms with Gasteiger partial charge in [-0.25, -0.2) is 0 Å². The van der Waals surface area contributed by atoms with Gasteiger partial charge in [-0.3, -0.25) is 0 Å². The number of anilines is 2. The van der Waals surface area contributed by atoms with Crippen molar-refractivity contribution in [3.63, 3.8) is 0 Å². The van der Waals surface area contributed by atoms with Crippen molar-refractivity contribution in [3.05, 3.63) is 95.5 Å². The molecule has 3 aromatic carbocycles. The lowest BCUT2D eigenvalue weighted by atomic mass is 10.2. The van der Waals surface area contributed by atoms with Gasteiger partial charge in [-0.05, 0) is 46.7 Å². The van der Waals surface area contributed by atoms with Crippen LogP contribution in [0.15, 0.2) is 84.9 Å². The van der Waals surface area contributed by atoms with Crippen LogP contribution in [0, 0.1) is 0 Å². The zero-order valence-electron chi connectivity index (χ0n) is 14.4. The molecule has 0 spiro atoms. The van der Waals surface area contributed by atoms with Crippen LogP contribution in [0.25, 0.3) is 20.2 Å². The third-order valence-corrected chi connectivity index (χ3v) is 7.29. The fraction of sp³-hybridized carbons (Fsp3) is 0.0435. The summed E-state index contributed by atoms with van der Waals surface area (Å²) in [7, 11) is 0. The highest BCUT2D eigenvalue weighted by atomic mass is 35.5. The van der Waals surface area contributed by atoms with E-state index in [0.717, 1.165) is 17.1 Å². The van der Waals surface area contributed by atoms with Gasteiger partial charge in [0.1, 0.15) is 0 Å². The molecular formula is C23H16ClNS2. The summed E-state index contributed by atoms with van der Waals surface area (Å²) in [5, 5.41) is 5.85. The van der Waals surface area contributed by atoms with Crippen LogP contribution in [0.3, 0.4) is 0 Å². The predicted molar refractivity (Wildman–Crippen MR) is 121 cm³/mol. The Morgan fingerprint density at radius 3 is 1.74 bits per heavy atom. The lowest BCUT2D eigenvalue weighted by molar-refractivity contribution is 1.00. The molecule has 2 heterocycles. The first kappa shape index (κ1) is 16.8. The number of benzene rings is 3. The van der Waals surface area contributed by atoms with Crippen LogP contribution in [0.4, 0.5) is 10.0 Å². The minimum Gasteiger partial charge on any atom is -0.320 e. The molecule has 0 N–H and O–H groups in total. The molecule has 132 valence electrons. The lowest BCUT2D eigenvalue weighted by Gasteiger charge is -2.22. The van der Waals surface area contributed by atoms with E-state index in [0.29, 0.717) is 0 Å². The Balaban J connectivity index is 1.65. The van der Waals surface area contributed by atoms with Gasteiger partial charge in [0.25, 0.3) is 0 Å². The number of rotatable bonds is 4. The molecule has 0 fully saturated rings. The molecule has 5 rings (SSSR count). The van der Waals surface area contributed by atoms with Crippen LogP contribution < -0.4 is 4.90 Å². The van der Waals surface area contributed by atoms with E-state index in [-0.39, 0.29) is 0 Å². The fourth-order valence-corrected chi connectivity index (χ4v) is 5.67. The van der Waals surface area contributed by atoms with Crippen LogP contribution in [-0.4, -0.2) is 0 Å². The number of hydrogen-bond donors (Lipinski definition) is 0. The summed E-state index contributed by atoms with van der Waals surface area (Å²) in [5.74, 6) is 0. The second kappa shape index (κ2) is 7.01. The van der Waals surface area contributed by atoms with Gasteiger partial charge in [0, 0.05) is 14.4 Å². The van der Waals surface area contributed by atoms with Gasteiger partial charge in [0.15, 0.2) is 0 Å². The molecule has 27 heavy (non-hydrogen) atoms. The van der Waals surface area contributed by atoms with Crippen molar-refractivity contribution in [1.82, 2.24) is 0 Å². The Labute approximate surface area is 171 Å². The molecule has 0 aliphatic heterocycles. The summed E-state index contributed by atoms with van der Waals surface area (Å²) < 4.78 is 2.61. The van der Waals surface area contributed by atoms with E-state index in [9.17, 15) is 0 Å². The molecule has 0 aliphatic rings. The molecule has 5 aromatic rings. The largest absolute Gasteiger partial charge is 0.320 e. The monoisotopic (exact) mass is 405 g/mol. The van der Waals surface area contributed by atoms with Crippen LogP contribution in [0.5, 0.6) is 0 Å². The molecule has 2 aromatic heterocycles. The average molecular weight is 406 g/mol. The number of halogens is 1. The Morgan fingerprint density at radius 2 is 1.19 bits per heavy atom. The number of fused-ring (bicyclic) bond motifs is 2. The van der Waals surface area contributed by atoms with Gasteiger partial charge in [0.2, 0.25) is 0 Å². The summed E-state index contributed by atoms with van der Waals surface area (Å²) in [6, 6.07) is 29.8. The molecule has 0 saturated heterocycles. The molecule has 0 aliphatic carbocycles. The molecule has 1 nitrogen and oxygen atoms in total. The number of hydrogen-bond acceptors (Lipinski definition) is 3. The minimum atomic E-state index is 0.749. The summed E-state index contributed by atoms with van der Waals surface area (Å²) in [6.45, 7) is 0.749. The van der Waals surface area contributed by atoms with Crippen molar-refractivity contribution < 1.29 is 0 Å². The zero-order valence-corrected chi connectivity index (χ0v) is 16.8. The van der Waals surface area contributed by atoms with E-state index in [1.165, 1.54) is 30.2 Å². The number of thiophene rings is 2. The van der Waals surface area contributed by atoms with E-state index in [4.69, 9.17) is 11.6 Å². The molecule has 0 bridgehead atoms. The van der Waals surface area contributed by atoms with Gasteiger partial charge in [-0.1, -0.05) is 66.2 Å². The highest BCUT2D eigenvalue weighted by Gasteiger charge is 2.17. The van der Waals surface area contributed by atoms with Crippen molar-refractivity contribution in [2.75, 3.05) is 4.90 Å². The van der Waals surface area contributed by atoms with E-state index in [1.807, 2.05) is 34.8 Å². The number of nitrogens with zero attached hydrogens (tertiary/aromatic N) is 1. The van der Waals surface area contributed by atoms with E-state index in [2.05, 4.69) is 77.7 Å². The van der Waals surface area contributed by atoms with Crippen molar-refractivity contribution in [1.29, 1.82) is 0 Å². The molecular weight excluding hydrogens is 390 g/mol. The summed E-state index contributed by atoms with van der Waals surface area (Å²) in [4.78, 5) is 2.39. The third kappa shape index (κ3) is 3.23. The summed E-state index contributed by atoms with van der Waals surface area (Å²) in [5.41, 5.74) is 1.13. The van der Waals surface area contributed by atoms with Crippen LogP contribution >= 0.6 is 34.3 Å². The van der Waals surface area contributed by atoms with E-state index < -0.39 is 0 Å². The van der Waals surface area contributed by atoms with Gasteiger partial charge < -0.3 is 4.90 Å². The normalized spacial score (nSPS) is 11.3. The fourth-order valence-electron chi connectivity index (χ4n) is 3.26. The van der Waals surface area contributed by atoms with Crippen molar-refractivity contribution >= 4 is 64.4 Å². The summed E-state index contributed by atoms with van der Waals surface area (Å²) in [6.07, 6.45) is 0. The second-order valence-electron chi connectivity index (χ2n) is 6.42. The maximum Gasteiger partial charge on any atom is 0.0974 e. The van der Waals surface area contributed by atoms with Crippen molar-refractivity contribution in [2.45, 2.75) is 6.54 Å². The zero-order chi connectivity index (χ0) is 18.2. The molecule has 4 heteroatoms. The topological polar surface area (TPSA) is 3.24 Å². The molecule has 0 unspecified atom stereocenters. The highest BCUT2D eigenvalue weighted by molar-refractivity contribution is 7.25. The van der Waals surface area contributed by atoms with Gasteiger partial charge in [-0.15, -0.1) is 22.7 Å². The second-order valence-corrected chi connectivity index (χ2v) is 8.95. The van der Waals surface area contributed by atoms with Gasteiger partial charge >= 0.3 is 0 Å². The van der Waals surface area contributed by atoms with Gasteiger partial charge in [-0.2, -0.15) is 0 Å². The standard InChI is InChI=1S/C23H16ClNS2/c24-19-10-4-1-9-18(19)15-25(22-13-16-7-2-5-11-20(16)26-22)23-14-17-8-3-6-12-21(17)27-23/h1-14H,15H2. The first-order valence-corrected chi connectivity index (χ1v) is 10.8. The Kier molecular flexibility index (Phi) is 4.36. The Hall–Kier alpha value is -2.33. The van der Waals surface area contributed by atoms with Crippen molar-refractivity contribution in [2.24, 2.45) is 0 Å². The van der Waals surface area contributed by atoms with E-state index >= 15 is 0 Å². The SMILES string of the molecule is Clc1ccccc1CN(c1cc2ccccc2s1)c1cc2ccccc2s1. The Bertz CT molecular complexity index is 1100. The smallest absolute Gasteiger partial charge is 0.0974 e. The maximum atomic E-state index is 6.48. The first-order chi connectivity index (χ1) is 13.3. The van der Waals surface area contributed by atoms with Crippen LogP contribution in [-0.2, 0) is 6.54 Å². The van der Waals surface area contributed by atoms with Gasteiger partial charge in [0.05, 0.1) is 16.5 Å². The van der Waals surface area contributed by atoms with E-state index in [1.54, 1.807) is 0 Å². The van der Waals surface area contributed by atoms with Crippen LogP contribution in [0.2, 0.25) is 5.02 Å². The average Bonchev–Trinajstić information content (AvgIpc) is 3.31. The van der Waals surface area contributed by atoms with Crippen LogP contribution in [0.1, 0.15) is 5.56 Å². The quantitative estimate of drug-likeness (QED) is 0.292. The third-order valence-electron chi connectivity index (χ3n) is 4.64. The molecule has 0 radical (unpaired) electrons.